The fourth-order valence-electron chi connectivity index (χ4n) is 2.50. The number of para-hydroxylation sites is 1. The molecule has 0 atom stereocenters. The Hall–Kier alpha value is -3.19. The summed E-state index contributed by atoms with van der Waals surface area (Å²) in [4.78, 5) is 40.0. The molecule has 0 spiro atoms. The predicted molar refractivity (Wildman–Crippen MR) is 99.2 cm³/mol. The van der Waals surface area contributed by atoms with E-state index in [0.29, 0.717) is 16.6 Å². The van der Waals surface area contributed by atoms with Gasteiger partial charge in [-0.25, -0.2) is 4.98 Å². The maximum absolute atomic E-state index is 12.4. The van der Waals surface area contributed by atoms with Crippen LogP contribution in [0.15, 0.2) is 53.6 Å². The number of aromatic nitrogens is 2. The number of rotatable bonds is 5. The third-order valence-electron chi connectivity index (χ3n) is 3.83. The van der Waals surface area contributed by atoms with Crippen LogP contribution in [0, 0.1) is 0 Å². The minimum absolute atomic E-state index is 0.0639. The normalized spacial score (nSPS) is 10.7. The molecular weight excluding hydrogens is 356 g/mol. The number of nitrogens with two attached hydrogens (primary N) is 1. The van der Waals surface area contributed by atoms with Gasteiger partial charge in [-0.15, -0.1) is 0 Å². The minimum atomic E-state index is -0.681. The number of primary amides is 1. The van der Waals surface area contributed by atoms with E-state index >= 15 is 0 Å². The van der Waals surface area contributed by atoms with Crippen LogP contribution >= 0.6 is 11.6 Å². The van der Waals surface area contributed by atoms with Crippen molar-refractivity contribution in [1.29, 1.82) is 0 Å². The monoisotopic (exact) mass is 370 g/mol. The number of hydrogen-bond donors (Lipinski definition) is 2. The largest absolute Gasteiger partial charge is 0.366 e. The summed E-state index contributed by atoms with van der Waals surface area (Å²) in [6, 6.07) is 11.5. The van der Waals surface area contributed by atoms with Gasteiger partial charge in [-0.05, 0) is 30.3 Å². The Labute approximate surface area is 153 Å². The molecule has 0 aliphatic rings. The molecule has 0 saturated carbocycles. The van der Waals surface area contributed by atoms with Gasteiger partial charge in [-0.1, -0.05) is 23.7 Å². The van der Waals surface area contributed by atoms with Crippen molar-refractivity contribution in [1.82, 2.24) is 9.55 Å². The Morgan fingerprint density at radius 2 is 1.96 bits per heavy atom. The number of carbonyl (C=O) groups is 2. The summed E-state index contributed by atoms with van der Waals surface area (Å²) in [6.07, 6.45) is 1.49. The van der Waals surface area contributed by atoms with Gasteiger partial charge in [0.25, 0.3) is 5.56 Å². The van der Waals surface area contributed by atoms with Crippen LogP contribution in [0.1, 0.15) is 16.8 Å². The van der Waals surface area contributed by atoms with E-state index < -0.39 is 5.91 Å². The van der Waals surface area contributed by atoms with E-state index in [2.05, 4.69) is 10.3 Å². The van der Waals surface area contributed by atoms with Gasteiger partial charge in [0.1, 0.15) is 0 Å². The zero-order chi connectivity index (χ0) is 18.7. The highest BCUT2D eigenvalue weighted by atomic mass is 35.5. The number of fused-ring (bicyclic) bond motifs is 1. The molecule has 3 rings (SSSR count). The number of benzene rings is 2. The highest BCUT2D eigenvalue weighted by molar-refractivity contribution is 6.34. The van der Waals surface area contributed by atoms with E-state index in [0.717, 1.165) is 0 Å². The fourth-order valence-corrected chi connectivity index (χ4v) is 2.71. The minimum Gasteiger partial charge on any atom is -0.366 e. The van der Waals surface area contributed by atoms with Gasteiger partial charge >= 0.3 is 0 Å². The third-order valence-corrected chi connectivity index (χ3v) is 4.16. The zero-order valence-electron chi connectivity index (χ0n) is 13.6. The molecule has 2 amide bonds. The summed E-state index contributed by atoms with van der Waals surface area (Å²) in [5.74, 6) is -0.998. The van der Waals surface area contributed by atoms with Crippen LogP contribution in [0.3, 0.4) is 0 Å². The molecule has 26 heavy (non-hydrogen) atoms. The number of hydrogen-bond acceptors (Lipinski definition) is 4. The summed E-state index contributed by atoms with van der Waals surface area (Å²) >= 11 is 5.88. The van der Waals surface area contributed by atoms with Crippen LogP contribution in [0.4, 0.5) is 5.69 Å². The molecule has 7 nitrogen and oxygen atoms in total. The van der Waals surface area contributed by atoms with Crippen molar-refractivity contribution in [2.24, 2.45) is 5.73 Å². The lowest BCUT2D eigenvalue weighted by molar-refractivity contribution is -0.116. The summed E-state index contributed by atoms with van der Waals surface area (Å²) in [6.45, 7) is 0.179. The molecule has 3 N–H and O–H groups in total. The lowest BCUT2D eigenvalue weighted by Crippen LogP contribution is -2.23. The lowest BCUT2D eigenvalue weighted by atomic mass is 10.2. The molecule has 0 unspecified atom stereocenters. The number of amides is 2. The maximum atomic E-state index is 12.4. The first-order valence-electron chi connectivity index (χ1n) is 7.79. The van der Waals surface area contributed by atoms with E-state index in [4.69, 9.17) is 17.3 Å². The Morgan fingerprint density at radius 3 is 2.73 bits per heavy atom. The molecule has 132 valence electrons. The van der Waals surface area contributed by atoms with E-state index in [1.807, 2.05) is 0 Å². The molecule has 0 saturated heterocycles. The third kappa shape index (κ3) is 3.73. The van der Waals surface area contributed by atoms with Gasteiger partial charge in [-0.3, -0.25) is 19.0 Å². The van der Waals surface area contributed by atoms with Crippen molar-refractivity contribution in [2.45, 2.75) is 13.0 Å². The quantitative estimate of drug-likeness (QED) is 0.717. The molecule has 3 aromatic rings. The smallest absolute Gasteiger partial charge is 0.261 e. The number of nitrogens with one attached hydrogen (secondary N) is 1. The van der Waals surface area contributed by atoms with Crippen molar-refractivity contribution in [3.8, 4) is 0 Å². The highest BCUT2D eigenvalue weighted by Crippen LogP contribution is 2.20. The number of nitrogens with zero attached hydrogens (tertiary/aromatic N) is 2. The van der Waals surface area contributed by atoms with Crippen molar-refractivity contribution in [2.75, 3.05) is 5.32 Å². The lowest BCUT2D eigenvalue weighted by Gasteiger charge is -2.09. The van der Waals surface area contributed by atoms with Crippen molar-refractivity contribution in [3.05, 3.63) is 69.7 Å². The SMILES string of the molecule is NC(=O)c1cc(NC(=O)CCn2cnc3ccccc3c2=O)ccc1Cl. The number of aryl methyl sites for hydroxylation is 1. The molecule has 1 aromatic heterocycles. The van der Waals surface area contributed by atoms with Crippen LogP contribution in [-0.4, -0.2) is 21.4 Å². The van der Waals surface area contributed by atoms with E-state index in [1.165, 1.54) is 23.0 Å². The Morgan fingerprint density at radius 1 is 1.19 bits per heavy atom. The van der Waals surface area contributed by atoms with E-state index in [1.54, 1.807) is 30.3 Å². The Kier molecular flexibility index (Phi) is 4.99. The first kappa shape index (κ1) is 17.6. The van der Waals surface area contributed by atoms with E-state index in [-0.39, 0.29) is 35.0 Å². The van der Waals surface area contributed by atoms with Crippen molar-refractivity contribution >= 4 is 40.0 Å². The van der Waals surface area contributed by atoms with E-state index in [9.17, 15) is 14.4 Å². The molecule has 1 heterocycles. The Bertz CT molecular complexity index is 1060. The summed E-state index contributed by atoms with van der Waals surface area (Å²) in [5, 5.41) is 3.36. The molecule has 0 fully saturated rings. The second kappa shape index (κ2) is 7.37. The van der Waals surface area contributed by atoms with Gasteiger partial charge in [0, 0.05) is 18.7 Å². The summed E-state index contributed by atoms with van der Waals surface area (Å²) in [5.41, 5.74) is 6.16. The van der Waals surface area contributed by atoms with Gasteiger partial charge in [-0.2, -0.15) is 0 Å². The molecule has 2 aromatic carbocycles. The number of anilines is 1. The average molecular weight is 371 g/mol. The molecule has 8 heteroatoms. The highest BCUT2D eigenvalue weighted by Gasteiger charge is 2.10. The standard InChI is InChI=1S/C18H15ClN4O3/c19-14-6-5-11(9-13(14)17(20)25)22-16(24)7-8-23-10-21-15-4-2-1-3-12(15)18(23)26/h1-6,9-10H,7-8H2,(H2,20,25)(H,22,24). The number of carbonyl (C=O) groups excluding carboxylic acids is 2. The maximum Gasteiger partial charge on any atom is 0.261 e. The first-order chi connectivity index (χ1) is 12.5. The average Bonchev–Trinajstić information content (AvgIpc) is 2.63. The zero-order valence-corrected chi connectivity index (χ0v) is 14.4. The van der Waals surface area contributed by atoms with Crippen molar-refractivity contribution < 1.29 is 9.59 Å². The first-order valence-corrected chi connectivity index (χ1v) is 8.17. The Balaban J connectivity index is 1.70. The van der Waals surface area contributed by atoms with Crippen LogP contribution in [0.25, 0.3) is 10.9 Å². The van der Waals surface area contributed by atoms with Crippen molar-refractivity contribution in [3.63, 3.8) is 0 Å². The van der Waals surface area contributed by atoms with Crippen LogP contribution in [-0.2, 0) is 11.3 Å². The fraction of sp³-hybridized carbons (Fsp3) is 0.111. The predicted octanol–water partition coefficient (Wildman–Crippen LogP) is 2.18. The van der Waals surface area contributed by atoms with Crippen LogP contribution in [0.2, 0.25) is 5.02 Å². The molecular formula is C18H15ClN4O3. The van der Waals surface area contributed by atoms with Crippen LogP contribution in [0.5, 0.6) is 0 Å². The summed E-state index contributed by atoms with van der Waals surface area (Å²) in [7, 11) is 0. The van der Waals surface area contributed by atoms with Gasteiger partial charge in [0.2, 0.25) is 11.8 Å². The number of halogens is 1. The molecule has 0 aliphatic heterocycles. The molecule has 0 radical (unpaired) electrons. The van der Waals surface area contributed by atoms with Gasteiger partial charge in [0.05, 0.1) is 27.8 Å². The summed E-state index contributed by atoms with van der Waals surface area (Å²) < 4.78 is 1.39. The van der Waals surface area contributed by atoms with Gasteiger partial charge in [0.15, 0.2) is 0 Å². The molecule has 0 aliphatic carbocycles. The van der Waals surface area contributed by atoms with Gasteiger partial charge < -0.3 is 11.1 Å². The second-order valence-electron chi connectivity index (χ2n) is 5.62. The topological polar surface area (TPSA) is 107 Å². The van der Waals surface area contributed by atoms with Crippen LogP contribution < -0.4 is 16.6 Å². The molecule has 0 bridgehead atoms. The second-order valence-corrected chi connectivity index (χ2v) is 6.02.